The Morgan fingerprint density at radius 3 is 2.95 bits per heavy atom. The third-order valence-electron chi connectivity index (χ3n) is 2.56. The Kier molecular flexibility index (Phi) is 5.06. The van der Waals surface area contributed by atoms with E-state index in [0.717, 1.165) is 13.0 Å². The van der Waals surface area contributed by atoms with Gasteiger partial charge in [-0.15, -0.1) is 0 Å². The molecule has 0 spiro atoms. The van der Waals surface area contributed by atoms with Crippen molar-refractivity contribution in [2.75, 3.05) is 18.4 Å². The number of thiophene rings is 1. The summed E-state index contributed by atoms with van der Waals surface area (Å²) < 4.78 is 12.9. The third-order valence-corrected chi connectivity index (χ3v) is 3.30. The number of halogens is 1. The van der Waals surface area contributed by atoms with Crippen LogP contribution in [0.2, 0.25) is 0 Å². The maximum atomic E-state index is 12.9. The number of hydrogen-bond acceptors (Lipinski definition) is 3. The molecule has 0 unspecified atom stereocenters. The molecule has 0 bridgehead atoms. The molecule has 2 N–H and O–H groups in total. The number of nitrogens with one attached hydrogen (secondary N) is 2. The molecule has 2 aromatic rings. The summed E-state index contributed by atoms with van der Waals surface area (Å²) in [5, 5.41) is 9.82. The molecule has 0 radical (unpaired) electrons. The molecule has 1 amide bonds. The quantitative estimate of drug-likeness (QED) is 0.798. The fourth-order valence-corrected chi connectivity index (χ4v) is 2.34. The van der Waals surface area contributed by atoms with E-state index in [1.54, 1.807) is 23.5 Å². The molecular formula is C14H15FN2OS. The minimum Gasteiger partial charge on any atom is -0.325 e. The number of amides is 1. The Morgan fingerprint density at radius 1 is 1.32 bits per heavy atom. The minimum absolute atomic E-state index is 0.170. The van der Waals surface area contributed by atoms with Gasteiger partial charge < -0.3 is 10.6 Å². The van der Waals surface area contributed by atoms with Gasteiger partial charge in [0.15, 0.2) is 0 Å². The van der Waals surface area contributed by atoms with Crippen LogP contribution in [0.1, 0.15) is 5.56 Å². The minimum atomic E-state index is -0.358. The van der Waals surface area contributed by atoms with E-state index in [2.05, 4.69) is 22.1 Å². The number of benzene rings is 1. The summed E-state index contributed by atoms with van der Waals surface area (Å²) in [6.07, 6.45) is 0.900. The Morgan fingerprint density at radius 2 is 2.21 bits per heavy atom. The molecule has 1 heterocycles. The average Bonchev–Trinajstić information content (AvgIpc) is 2.88. The molecule has 0 aliphatic rings. The highest BCUT2D eigenvalue weighted by Crippen LogP contribution is 2.08. The van der Waals surface area contributed by atoms with Gasteiger partial charge in [0.05, 0.1) is 6.54 Å². The summed E-state index contributed by atoms with van der Waals surface area (Å²) in [6.45, 7) is 0.966. The lowest BCUT2D eigenvalue weighted by molar-refractivity contribution is -0.115. The zero-order valence-corrected chi connectivity index (χ0v) is 11.2. The molecule has 3 nitrogen and oxygen atoms in total. The molecule has 100 valence electrons. The second kappa shape index (κ2) is 7.01. The van der Waals surface area contributed by atoms with Crippen molar-refractivity contribution >= 4 is 22.9 Å². The monoisotopic (exact) mass is 278 g/mol. The van der Waals surface area contributed by atoms with E-state index in [1.165, 1.54) is 17.7 Å². The molecule has 0 aliphatic carbocycles. The molecule has 0 atom stereocenters. The van der Waals surface area contributed by atoms with Crippen molar-refractivity contribution in [1.82, 2.24) is 5.32 Å². The van der Waals surface area contributed by atoms with Gasteiger partial charge >= 0.3 is 0 Å². The van der Waals surface area contributed by atoms with Crippen LogP contribution in [-0.2, 0) is 11.2 Å². The lowest BCUT2D eigenvalue weighted by Gasteiger charge is -2.06. The van der Waals surface area contributed by atoms with Gasteiger partial charge in [-0.05, 0) is 53.6 Å². The second-order valence-electron chi connectivity index (χ2n) is 4.12. The maximum Gasteiger partial charge on any atom is 0.238 e. The van der Waals surface area contributed by atoms with Crippen molar-refractivity contribution in [1.29, 1.82) is 0 Å². The van der Waals surface area contributed by atoms with Gasteiger partial charge in [0, 0.05) is 5.69 Å². The van der Waals surface area contributed by atoms with Gasteiger partial charge in [0.2, 0.25) is 5.91 Å². The van der Waals surface area contributed by atoms with Crippen molar-refractivity contribution < 1.29 is 9.18 Å². The Bertz CT molecular complexity index is 528. The highest BCUT2D eigenvalue weighted by molar-refractivity contribution is 7.07. The van der Waals surface area contributed by atoms with Crippen LogP contribution in [0.5, 0.6) is 0 Å². The third kappa shape index (κ3) is 4.81. The van der Waals surface area contributed by atoms with Gasteiger partial charge in [-0.25, -0.2) is 4.39 Å². The van der Waals surface area contributed by atoms with Crippen LogP contribution in [-0.4, -0.2) is 19.0 Å². The number of carbonyl (C=O) groups is 1. The zero-order valence-electron chi connectivity index (χ0n) is 10.4. The molecule has 0 saturated heterocycles. The zero-order chi connectivity index (χ0) is 13.5. The molecule has 0 fully saturated rings. The fourth-order valence-electron chi connectivity index (χ4n) is 1.64. The van der Waals surface area contributed by atoms with Crippen molar-refractivity contribution in [2.45, 2.75) is 6.42 Å². The average molecular weight is 278 g/mol. The number of hydrogen-bond donors (Lipinski definition) is 2. The first-order valence-corrected chi connectivity index (χ1v) is 6.95. The lowest BCUT2D eigenvalue weighted by atomic mass is 10.2. The first kappa shape index (κ1) is 13.7. The van der Waals surface area contributed by atoms with Gasteiger partial charge in [-0.2, -0.15) is 11.3 Å². The summed E-state index contributed by atoms with van der Waals surface area (Å²) in [4.78, 5) is 11.6. The van der Waals surface area contributed by atoms with E-state index in [4.69, 9.17) is 0 Å². The fraction of sp³-hybridized carbons (Fsp3) is 0.214. The highest BCUT2D eigenvalue weighted by Gasteiger charge is 2.02. The molecule has 19 heavy (non-hydrogen) atoms. The summed E-state index contributed by atoms with van der Waals surface area (Å²) >= 11 is 1.66. The number of rotatable bonds is 6. The van der Waals surface area contributed by atoms with E-state index < -0.39 is 0 Å². The van der Waals surface area contributed by atoms with E-state index in [1.807, 2.05) is 5.38 Å². The van der Waals surface area contributed by atoms with Gasteiger partial charge in [-0.1, -0.05) is 6.07 Å². The van der Waals surface area contributed by atoms with E-state index in [9.17, 15) is 9.18 Å². The molecule has 5 heteroatoms. The molecular weight excluding hydrogens is 263 g/mol. The predicted octanol–water partition coefficient (Wildman–Crippen LogP) is 2.66. The van der Waals surface area contributed by atoms with Crippen molar-refractivity contribution in [3.63, 3.8) is 0 Å². The van der Waals surface area contributed by atoms with Crippen LogP contribution in [0.3, 0.4) is 0 Å². The highest BCUT2D eigenvalue weighted by atomic mass is 32.1. The van der Waals surface area contributed by atoms with Crippen LogP contribution in [0.15, 0.2) is 41.1 Å². The lowest BCUT2D eigenvalue weighted by Crippen LogP contribution is -2.29. The summed E-state index contributed by atoms with van der Waals surface area (Å²) in [5.74, 6) is -0.529. The first-order chi connectivity index (χ1) is 9.24. The Balaban J connectivity index is 1.67. The van der Waals surface area contributed by atoms with E-state index in [-0.39, 0.29) is 18.3 Å². The first-order valence-electron chi connectivity index (χ1n) is 6.01. The number of anilines is 1. The summed E-state index contributed by atoms with van der Waals surface area (Å²) in [6, 6.07) is 7.93. The molecule has 2 rings (SSSR count). The standard InChI is InChI=1S/C14H15FN2OS/c15-12-2-1-3-13(8-12)17-14(18)9-16-6-4-11-5-7-19-10-11/h1-3,5,7-8,10,16H,4,6,9H2,(H,17,18). The Hall–Kier alpha value is -1.72. The van der Waals surface area contributed by atoms with Crippen LogP contribution < -0.4 is 10.6 Å². The predicted molar refractivity (Wildman–Crippen MR) is 75.9 cm³/mol. The van der Waals surface area contributed by atoms with Crippen molar-refractivity contribution in [3.8, 4) is 0 Å². The van der Waals surface area contributed by atoms with Gasteiger partial charge in [0.25, 0.3) is 0 Å². The van der Waals surface area contributed by atoms with E-state index >= 15 is 0 Å². The molecule has 0 saturated carbocycles. The SMILES string of the molecule is O=C(CNCCc1ccsc1)Nc1cccc(F)c1. The maximum absolute atomic E-state index is 12.9. The molecule has 0 aliphatic heterocycles. The normalized spacial score (nSPS) is 10.4. The summed E-state index contributed by atoms with van der Waals surface area (Å²) in [7, 11) is 0. The topological polar surface area (TPSA) is 41.1 Å². The summed E-state index contributed by atoms with van der Waals surface area (Å²) in [5.41, 5.74) is 1.74. The van der Waals surface area contributed by atoms with Gasteiger partial charge in [-0.3, -0.25) is 4.79 Å². The Labute approximate surface area is 115 Å². The molecule has 1 aromatic heterocycles. The van der Waals surface area contributed by atoms with Crippen LogP contribution >= 0.6 is 11.3 Å². The van der Waals surface area contributed by atoms with Crippen LogP contribution in [0, 0.1) is 5.82 Å². The largest absolute Gasteiger partial charge is 0.325 e. The van der Waals surface area contributed by atoms with Crippen LogP contribution in [0.25, 0.3) is 0 Å². The number of carbonyl (C=O) groups excluding carboxylic acids is 1. The van der Waals surface area contributed by atoms with Crippen molar-refractivity contribution in [3.05, 3.63) is 52.5 Å². The van der Waals surface area contributed by atoms with Gasteiger partial charge in [0.1, 0.15) is 5.82 Å². The van der Waals surface area contributed by atoms with E-state index in [0.29, 0.717) is 5.69 Å². The molecule has 1 aromatic carbocycles. The second-order valence-corrected chi connectivity index (χ2v) is 4.90. The smallest absolute Gasteiger partial charge is 0.238 e. The van der Waals surface area contributed by atoms with Crippen LogP contribution in [0.4, 0.5) is 10.1 Å². The van der Waals surface area contributed by atoms with Crippen molar-refractivity contribution in [2.24, 2.45) is 0 Å².